The van der Waals surface area contributed by atoms with Crippen LogP contribution in [0.4, 0.5) is 4.39 Å². The summed E-state index contributed by atoms with van der Waals surface area (Å²) in [6.07, 6.45) is 0. The van der Waals surface area contributed by atoms with E-state index < -0.39 is 11.8 Å². The largest absolute Gasteiger partial charge is 0.497 e. The second kappa shape index (κ2) is 5.08. The summed E-state index contributed by atoms with van der Waals surface area (Å²) in [5.74, 6) is -0.744. The SMILES string of the molecule is COc1cccc(C(=O)C(=O)F)c1.O. The molecule has 14 heavy (non-hydrogen) atoms. The molecule has 0 aliphatic carbocycles. The molecule has 1 aromatic rings. The molecular formula is C9H9FO4. The molecule has 0 fully saturated rings. The molecule has 0 radical (unpaired) electrons. The summed E-state index contributed by atoms with van der Waals surface area (Å²) in [6, 6.07) is 3.80. The third-order valence-corrected chi connectivity index (χ3v) is 1.51. The van der Waals surface area contributed by atoms with Crippen LogP contribution in [0.25, 0.3) is 0 Å². The Morgan fingerprint density at radius 2 is 2.00 bits per heavy atom. The second-order valence-corrected chi connectivity index (χ2v) is 2.33. The topological polar surface area (TPSA) is 74.9 Å². The molecule has 0 bridgehead atoms. The zero-order valence-corrected chi connectivity index (χ0v) is 7.41. The number of ether oxygens (including phenoxy) is 1. The van der Waals surface area contributed by atoms with Crippen LogP contribution in [0.2, 0.25) is 0 Å². The maximum atomic E-state index is 12.0. The first-order valence-corrected chi connectivity index (χ1v) is 3.53. The van der Waals surface area contributed by atoms with Gasteiger partial charge in [0.25, 0.3) is 5.78 Å². The number of ketones is 1. The molecule has 4 nitrogen and oxygen atoms in total. The minimum Gasteiger partial charge on any atom is -0.497 e. The highest BCUT2D eigenvalue weighted by Gasteiger charge is 2.15. The molecule has 0 unspecified atom stereocenters. The van der Waals surface area contributed by atoms with Crippen LogP contribution >= 0.6 is 0 Å². The van der Waals surface area contributed by atoms with Gasteiger partial charge in [-0.15, -0.1) is 0 Å². The molecule has 1 aromatic carbocycles. The Hall–Kier alpha value is -1.75. The van der Waals surface area contributed by atoms with Gasteiger partial charge in [-0.05, 0) is 12.1 Å². The average Bonchev–Trinajstić information content (AvgIpc) is 2.16. The van der Waals surface area contributed by atoms with E-state index in [1.54, 1.807) is 6.07 Å². The molecule has 0 aromatic heterocycles. The van der Waals surface area contributed by atoms with Gasteiger partial charge in [-0.25, -0.2) is 0 Å². The minimum atomic E-state index is -1.96. The number of methoxy groups -OCH3 is 1. The number of rotatable bonds is 3. The molecule has 2 N–H and O–H groups in total. The number of carbonyl (C=O) groups is 2. The minimum absolute atomic E-state index is 0. The normalized spacial score (nSPS) is 8.71. The second-order valence-electron chi connectivity index (χ2n) is 2.33. The molecule has 0 heterocycles. The highest BCUT2D eigenvalue weighted by molar-refractivity contribution is 6.40. The monoisotopic (exact) mass is 200 g/mol. The molecular weight excluding hydrogens is 191 g/mol. The number of Topliss-reactive ketones (excluding diaryl/α,β-unsaturated/α-hetero) is 1. The summed E-state index contributed by atoms with van der Waals surface area (Å²) in [5.41, 5.74) is -0.00755. The molecule has 0 aliphatic rings. The molecule has 1 rings (SSSR count). The smallest absolute Gasteiger partial charge is 0.372 e. The highest BCUT2D eigenvalue weighted by atomic mass is 19.1. The maximum Gasteiger partial charge on any atom is 0.372 e. The van der Waals surface area contributed by atoms with E-state index in [-0.39, 0.29) is 11.0 Å². The van der Waals surface area contributed by atoms with Crippen LogP contribution in [-0.2, 0) is 4.79 Å². The van der Waals surface area contributed by atoms with Crippen LogP contribution in [0.3, 0.4) is 0 Å². The van der Waals surface area contributed by atoms with Gasteiger partial charge in [-0.1, -0.05) is 12.1 Å². The fraction of sp³-hybridized carbons (Fsp3) is 0.111. The number of benzene rings is 1. The molecule has 76 valence electrons. The van der Waals surface area contributed by atoms with Crippen molar-refractivity contribution in [3.8, 4) is 5.75 Å². The average molecular weight is 200 g/mol. The molecule has 5 heteroatoms. The van der Waals surface area contributed by atoms with E-state index in [0.717, 1.165) is 0 Å². The van der Waals surface area contributed by atoms with E-state index in [9.17, 15) is 14.0 Å². The van der Waals surface area contributed by atoms with Crippen LogP contribution < -0.4 is 4.74 Å². The quantitative estimate of drug-likeness (QED) is 0.406. The van der Waals surface area contributed by atoms with E-state index in [0.29, 0.717) is 5.75 Å². The van der Waals surface area contributed by atoms with Crippen molar-refractivity contribution in [3.63, 3.8) is 0 Å². The van der Waals surface area contributed by atoms with Crippen molar-refractivity contribution in [2.45, 2.75) is 0 Å². The summed E-state index contributed by atoms with van der Waals surface area (Å²) < 4.78 is 16.8. The summed E-state index contributed by atoms with van der Waals surface area (Å²) in [6.45, 7) is 0. The zero-order chi connectivity index (χ0) is 9.84. The summed E-state index contributed by atoms with van der Waals surface area (Å²) in [7, 11) is 1.42. The van der Waals surface area contributed by atoms with Crippen molar-refractivity contribution in [1.29, 1.82) is 0 Å². The highest BCUT2D eigenvalue weighted by Crippen LogP contribution is 2.13. The van der Waals surface area contributed by atoms with Crippen molar-refractivity contribution < 1.29 is 24.2 Å². The Balaban J connectivity index is 0.00000169. The Morgan fingerprint density at radius 1 is 1.36 bits per heavy atom. The van der Waals surface area contributed by atoms with Crippen LogP contribution in [0.1, 0.15) is 10.4 Å². The fourth-order valence-corrected chi connectivity index (χ4v) is 0.878. The van der Waals surface area contributed by atoms with E-state index in [2.05, 4.69) is 0 Å². The lowest BCUT2D eigenvalue weighted by molar-refractivity contribution is -0.124. The first kappa shape index (κ1) is 12.2. The molecule has 0 saturated heterocycles. The lowest BCUT2D eigenvalue weighted by Gasteiger charge is -1.99. The number of hydrogen-bond donors (Lipinski definition) is 0. The van der Waals surface area contributed by atoms with E-state index in [1.807, 2.05) is 0 Å². The van der Waals surface area contributed by atoms with Gasteiger partial charge in [0, 0.05) is 5.56 Å². The van der Waals surface area contributed by atoms with Crippen molar-refractivity contribution in [2.75, 3.05) is 7.11 Å². The Bertz CT molecular complexity index is 348. The Labute approximate surface area is 79.6 Å². The predicted octanol–water partition coefficient (Wildman–Crippen LogP) is 0.549. The lowest BCUT2D eigenvalue weighted by Crippen LogP contribution is -2.08. The van der Waals surface area contributed by atoms with E-state index in [1.165, 1.54) is 25.3 Å². The van der Waals surface area contributed by atoms with Gasteiger partial charge in [0.15, 0.2) is 0 Å². The Kier molecular flexibility index (Phi) is 4.45. The van der Waals surface area contributed by atoms with Crippen molar-refractivity contribution >= 4 is 11.8 Å². The third-order valence-electron chi connectivity index (χ3n) is 1.51. The van der Waals surface area contributed by atoms with Gasteiger partial charge in [-0.3, -0.25) is 9.59 Å². The molecule has 0 spiro atoms. The van der Waals surface area contributed by atoms with Gasteiger partial charge in [0.05, 0.1) is 7.11 Å². The van der Waals surface area contributed by atoms with Crippen molar-refractivity contribution in [2.24, 2.45) is 0 Å². The Morgan fingerprint density at radius 3 is 2.50 bits per heavy atom. The van der Waals surface area contributed by atoms with Crippen molar-refractivity contribution in [1.82, 2.24) is 0 Å². The van der Waals surface area contributed by atoms with Gasteiger partial charge in [0.2, 0.25) is 0 Å². The van der Waals surface area contributed by atoms with Crippen LogP contribution in [0.15, 0.2) is 24.3 Å². The van der Waals surface area contributed by atoms with Crippen LogP contribution in [-0.4, -0.2) is 24.4 Å². The van der Waals surface area contributed by atoms with Crippen molar-refractivity contribution in [3.05, 3.63) is 29.8 Å². The fourth-order valence-electron chi connectivity index (χ4n) is 0.878. The van der Waals surface area contributed by atoms with Gasteiger partial charge >= 0.3 is 6.04 Å². The molecule has 0 amide bonds. The standard InChI is InChI=1S/C9H7FO3.H2O/c1-13-7-4-2-3-6(5-7)8(11)9(10)12;/h2-5H,1H3;1H2. The van der Waals surface area contributed by atoms with Gasteiger partial charge in [0.1, 0.15) is 5.75 Å². The number of hydrogen-bond acceptors (Lipinski definition) is 3. The van der Waals surface area contributed by atoms with Gasteiger partial charge < -0.3 is 10.2 Å². The maximum absolute atomic E-state index is 12.0. The number of carbonyl (C=O) groups excluding carboxylic acids is 2. The van der Waals surface area contributed by atoms with Crippen LogP contribution in [0.5, 0.6) is 5.75 Å². The van der Waals surface area contributed by atoms with Gasteiger partial charge in [-0.2, -0.15) is 4.39 Å². The van der Waals surface area contributed by atoms with E-state index >= 15 is 0 Å². The predicted molar refractivity (Wildman–Crippen MR) is 47.1 cm³/mol. The lowest BCUT2D eigenvalue weighted by atomic mass is 10.1. The molecule has 0 saturated carbocycles. The summed E-state index contributed by atoms with van der Waals surface area (Å²) >= 11 is 0. The number of halogens is 1. The van der Waals surface area contributed by atoms with Crippen LogP contribution in [0, 0.1) is 0 Å². The summed E-state index contributed by atoms with van der Waals surface area (Å²) in [4.78, 5) is 20.9. The first-order valence-electron chi connectivity index (χ1n) is 3.53. The molecule has 0 aliphatic heterocycles. The first-order chi connectivity index (χ1) is 6.15. The zero-order valence-electron chi connectivity index (χ0n) is 7.41. The third kappa shape index (κ3) is 2.63. The molecule has 0 atom stereocenters. The summed E-state index contributed by atoms with van der Waals surface area (Å²) in [5, 5.41) is 0. The van der Waals surface area contributed by atoms with E-state index in [4.69, 9.17) is 4.74 Å².